The third-order valence-electron chi connectivity index (χ3n) is 2.23. The Morgan fingerprint density at radius 2 is 2.07 bits per heavy atom. The van der Waals surface area contributed by atoms with Crippen LogP contribution in [0.5, 0.6) is 0 Å². The van der Waals surface area contributed by atoms with E-state index >= 15 is 0 Å². The minimum atomic E-state index is -0.119. The Morgan fingerprint density at radius 1 is 1.36 bits per heavy atom. The number of pyridine rings is 2. The molecular weight excluding hydrogens is 244 g/mol. The normalized spacial score (nSPS) is 10.8. The van der Waals surface area contributed by atoms with Crippen molar-refractivity contribution in [3.8, 4) is 0 Å². The van der Waals surface area contributed by atoms with E-state index in [1.54, 1.807) is 6.07 Å². The molecule has 14 heavy (non-hydrogen) atoms. The first kappa shape index (κ1) is 9.40. The first-order valence-corrected chi connectivity index (χ1v) is 5.04. The fourth-order valence-corrected chi connectivity index (χ4v) is 1.76. The summed E-state index contributed by atoms with van der Waals surface area (Å²) in [6.07, 6.45) is 0. The number of nitrogens with one attached hydrogen (secondary N) is 1. The van der Waals surface area contributed by atoms with Gasteiger partial charge in [0.25, 0.3) is 0 Å². The molecule has 0 aliphatic carbocycles. The number of aromatic nitrogens is 2. The van der Waals surface area contributed by atoms with Gasteiger partial charge in [-0.05, 0) is 41.4 Å². The van der Waals surface area contributed by atoms with Crippen molar-refractivity contribution in [2.75, 3.05) is 0 Å². The van der Waals surface area contributed by atoms with Gasteiger partial charge in [0.15, 0.2) is 0 Å². The maximum Gasteiger partial charge on any atom is 0.249 e. The average molecular weight is 253 g/mol. The van der Waals surface area contributed by atoms with Crippen molar-refractivity contribution < 1.29 is 0 Å². The molecule has 2 aromatic rings. The predicted molar refractivity (Wildman–Crippen MR) is 59.5 cm³/mol. The molecule has 0 atom stereocenters. The van der Waals surface area contributed by atoms with Gasteiger partial charge < -0.3 is 4.98 Å². The van der Waals surface area contributed by atoms with Crippen molar-refractivity contribution in [1.29, 1.82) is 0 Å². The maximum atomic E-state index is 11.1. The SMILES string of the molecule is Cc1nc2[nH]c(=O)ccc2c(C)c1Br. The molecule has 0 radical (unpaired) electrons. The number of nitrogens with zero attached hydrogens (tertiary/aromatic N) is 1. The zero-order chi connectivity index (χ0) is 10.3. The van der Waals surface area contributed by atoms with Crippen molar-refractivity contribution in [3.05, 3.63) is 38.2 Å². The van der Waals surface area contributed by atoms with Gasteiger partial charge in [-0.15, -0.1) is 0 Å². The summed E-state index contributed by atoms with van der Waals surface area (Å²) in [6, 6.07) is 3.31. The van der Waals surface area contributed by atoms with Gasteiger partial charge in [-0.25, -0.2) is 4.98 Å². The fourth-order valence-electron chi connectivity index (χ4n) is 1.46. The second-order valence-corrected chi connectivity index (χ2v) is 4.01. The number of hydrogen-bond donors (Lipinski definition) is 1. The van der Waals surface area contributed by atoms with Crippen molar-refractivity contribution in [3.63, 3.8) is 0 Å². The highest BCUT2D eigenvalue weighted by Crippen LogP contribution is 2.24. The lowest BCUT2D eigenvalue weighted by molar-refractivity contribution is 1.15. The van der Waals surface area contributed by atoms with Crippen molar-refractivity contribution in [2.45, 2.75) is 13.8 Å². The number of hydrogen-bond acceptors (Lipinski definition) is 2. The van der Waals surface area contributed by atoms with Crippen molar-refractivity contribution in [2.24, 2.45) is 0 Å². The lowest BCUT2D eigenvalue weighted by Gasteiger charge is -2.05. The molecular formula is C10H9BrN2O. The molecule has 2 rings (SSSR count). The monoisotopic (exact) mass is 252 g/mol. The van der Waals surface area contributed by atoms with Crippen LogP contribution in [0.25, 0.3) is 11.0 Å². The first-order chi connectivity index (χ1) is 6.59. The molecule has 72 valence electrons. The van der Waals surface area contributed by atoms with Gasteiger partial charge >= 0.3 is 0 Å². The zero-order valence-corrected chi connectivity index (χ0v) is 9.47. The summed E-state index contributed by atoms with van der Waals surface area (Å²) < 4.78 is 0.997. The van der Waals surface area contributed by atoms with E-state index in [2.05, 4.69) is 25.9 Å². The smallest absolute Gasteiger partial charge is 0.249 e. The molecule has 0 amide bonds. The second-order valence-electron chi connectivity index (χ2n) is 3.22. The minimum Gasteiger partial charge on any atom is -0.307 e. The lowest BCUT2D eigenvalue weighted by atomic mass is 10.1. The summed E-state index contributed by atoms with van der Waals surface area (Å²) in [7, 11) is 0. The van der Waals surface area contributed by atoms with E-state index in [0.29, 0.717) is 5.65 Å². The van der Waals surface area contributed by atoms with Gasteiger partial charge in [0.2, 0.25) is 5.56 Å². The summed E-state index contributed by atoms with van der Waals surface area (Å²) in [5, 5.41) is 0.974. The van der Waals surface area contributed by atoms with Crippen LogP contribution in [0.2, 0.25) is 0 Å². The van der Waals surface area contributed by atoms with Gasteiger partial charge in [0, 0.05) is 15.9 Å². The number of rotatable bonds is 0. The highest BCUT2D eigenvalue weighted by Gasteiger charge is 2.06. The molecule has 1 N–H and O–H groups in total. The van der Waals surface area contributed by atoms with E-state index in [-0.39, 0.29) is 5.56 Å². The largest absolute Gasteiger partial charge is 0.307 e. The van der Waals surface area contributed by atoms with E-state index in [0.717, 1.165) is 21.1 Å². The van der Waals surface area contributed by atoms with Crippen LogP contribution in [-0.2, 0) is 0 Å². The van der Waals surface area contributed by atoms with Gasteiger partial charge in [0.1, 0.15) is 5.65 Å². The predicted octanol–water partition coefficient (Wildman–Crippen LogP) is 2.30. The summed E-state index contributed by atoms with van der Waals surface area (Å²) in [5.74, 6) is 0. The topological polar surface area (TPSA) is 45.8 Å². The average Bonchev–Trinajstić information content (AvgIpc) is 2.14. The Morgan fingerprint density at radius 3 is 2.79 bits per heavy atom. The Labute approximate surface area is 89.3 Å². The molecule has 0 bridgehead atoms. The van der Waals surface area contributed by atoms with Gasteiger partial charge in [0.05, 0.1) is 5.69 Å². The number of aromatic amines is 1. The molecule has 0 saturated heterocycles. The highest BCUT2D eigenvalue weighted by atomic mass is 79.9. The van der Waals surface area contributed by atoms with Gasteiger partial charge in [-0.3, -0.25) is 4.79 Å². The van der Waals surface area contributed by atoms with Crippen molar-refractivity contribution in [1.82, 2.24) is 9.97 Å². The lowest BCUT2D eigenvalue weighted by Crippen LogP contribution is -2.05. The van der Waals surface area contributed by atoms with E-state index < -0.39 is 0 Å². The Balaban J connectivity index is 2.98. The molecule has 0 unspecified atom stereocenters. The standard InChI is InChI=1S/C10H9BrN2O/c1-5-7-3-4-8(14)13-10(7)12-6(2)9(5)11/h3-4H,1-2H3,(H,12,13,14). The molecule has 2 heterocycles. The molecule has 0 aliphatic heterocycles. The quantitative estimate of drug-likeness (QED) is 0.782. The number of fused-ring (bicyclic) bond motifs is 1. The highest BCUT2D eigenvalue weighted by molar-refractivity contribution is 9.10. The van der Waals surface area contributed by atoms with E-state index in [9.17, 15) is 4.79 Å². The Hall–Kier alpha value is -1.16. The molecule has 0 aliphatic rings. The number of H-pyrrole nitrogens is 1. The van der Waals surface area contributed by atoms with Crippen LogP contribution in [0.4, 0.5) is 0 Å². The number of halogens is 1. The second kappa shape index (κ2) is 3.20. The summed E-state index contributed by atoms with van der Waals surface area (Å²) >= 11 is 3.46. The minimum absolute atomic E-state index is 0.119. The molecule has 3 nitrogen and oxygen atoms in total. The summed E-state index contributed by atoms with van der Waals surface area (Å²) in [6.45, 7) is 3.90. The van der Waals surface area contributed by atoms with Crippen LogP contribution in [0.1, 0.15) is 11.3 Å². The van der Waals surface area contributed by atoms with Gasteiger partial charge in [-0.1, -0.05) is 0 Å². The van der Waals surface area contributed by atoms with E-state index in [1.807, 2.05) is 13.8 Å². The molecule has 0 saturated carbocycles. The Bertz CT molecular complexity index is 560. The van der Waals surface area contributed by atoms with Crippen LogP contribution < -0.4 is 5.56 Å². The van der Waals surface area contributed by atoms with Crippen LogP contribution in [0.15, 0.2) is 21.4 Å². The van der Waals surface area contributed by atoms with Crippen LogP contribution >= 0.6 is 15.9 Å². The Kier molecular flexibility index (Phi) is 2.15. The van der Waals surface area contributed by atoms with Crippen LogP contribution in [0, 0.1) is 13.8 Å². The van der Waals surface area contributed by atoms with E-state index in [1.165, 1.54) is 6.07 Å². The summed E-state index contributed by atoms with van der Waals surface area (Å²) in [4.78, 5) is 18.1. The number of aryl methyl sites for hydroxylation is 2. The fraction of sp³-hybridized carbons (Fsp3) is 0.200. The maximum absolute atomic E-state index is 11.1. The van der Waals surface area contributed by atoms with Crippen LogP contribution in [0.3, 0.4) is 0 Å². The third kappa shape index (κ3) is 1.35. The molecule has 2 aromatic heterocycles. The zero-order valence-electron chi connectivity index (χ0n) is 7.89. The molecule has 4 heteroatoms. The molecule has 0 aromatic carbocycles. The van der Waals surface area contributed by atoms with Crippen LogP contribution in [-0.4, -0.2) is 9.97 Å². The molecule has 0 spiro atoms. The van der Waals surface area contributed by atoms with Crippen molar-refractivity contribution >= 4 is 27.0 Å². The third-order valence-corrected chi connectivity index (χ3v) is 3.40. The van der Waals surface area contributed by atoms with Gasteiger partial charge in [-0.2, -0.15) is 0 Å². The molecule has 0 fully saturated rings. The summed E-state index contributed by atoms with van der Waals surface area (Å²) in [5.41, 5.74) is 2.52. The van der Waals surface area contributed by atoms with E-state index in [4.69, 9.17) is 0 Å². The first-order valence-electron chi connectivity index (χ1n) is 4.25.